The minimum absolute atomic E-state index is 0.161. The number of methoxy groups -OCH3 is 1. The molecule has 2 unspecified atom stereocenters. The number of ether oxygens (including phenoxy) is 1. The molecular weight excluding hydrogens is 286 g/mol. The third-order valence-corrected chi connectivity index (χ3v) is 6.44. The van der Waals surface area contributed by atoms with Crippen LogP contribution >= 0.6 is 0 Å². The molecular formula is C20H27NO2. The zero-order valence-electron chi connectivity index (χ0n) is 14.4. The first-order chi connectivity index (χ1) is 10.8. The summed E-state index contributed by atoms with van der Waals surface area (Å²) in [5.74, 6) is 1.75. The van der Waals surface area contributed by atoms with Crippen LogP contribution in [-0.4, -0.2) is 13.0 Å². The molecule has 0 aromatic heterocycles. The second-order valence-electron chi connectivity index (χ2n) is 9.10. The Balaban J connectivity index is 1.60. The molecule has 1 amide bonds. The highest BCUT2D eigenvalue weighted by Gasteiger charge is 2.62. The Hall–Kier alpha value is -1.51. The highest BCUT2D eigenvalue weighted by atomic mass is 16.5. The van der Waals surface area contributed by atoms with Gasteiger partial charge in [-0.3, -0.25) is 4.79 Å². The third kappa shape index (κ3) is 2.45. The lowest BCUT2D eigenvalue weighted by molar-refractivity contribution is -0.165. The lowest BCUT2D eigenvalue weighted by Gasteiger charge is -2.64. The highest BCUT2D eigenvalue weighted by molar-refractivity contribution is 5.96. The minimum atomic E-state index is -0.161. The molecule has 3 heteroatoms. The quantitative estimate of drug-likeness (QED) is 0.883. The molecule has 4 bridgehead atoms. The topological polar surface area (TPSA) is 38.3 Å². The van der Waals surface area contributed by atoms with Gasteiger partial charge in [-0.05, 0) is 67.4 Å². The molecule has 4 aliphatic rings. The normalized spacial score (nSPS) is 40.9. The monoisotopic (exact) mass is 313 g/mol. The van der Waals surface area contributed by atoms with E-state index in [9.17, 15) is 4.79 Å². The summed E-state index contributed by atoms with van der Waals surface area (Å²) in [4.78, 5) is 13.2. The number of hydrogen-bond acceptors (Lipinski definition) is 2. The molecule has 1 N–H and O–H groups in total. The molecule has 0 radical (unpaired) electrons. The fraction of sp³-hybridized carbons (Fsp3) is 0.650. The van der Waals surface area contributed by atoms with Crippen LogP contribution in [0.25, 0.3) is 0 Å². The van der Waals surface area contributed by atoms with Gasteiger partial charge in [0.25, 0.3) is 0 Å². The van der Waals surface area contributed by atoms with Gasteiger partial charge in [-0.2, -0.15) is 0 Å². The predicted molar refractivity (Wildman–Crippen MR) is 91.5 cm³/mol. The van der Waals surface area contributed by atoms with Crippen molar-refractivity contribution in [3.05, 3.63) is 24.3 Å². The van der Waals surface area contributed by atoms with Crippen molar-refractivity contribution in [2.45, 2.75) is 52.4 Å². The number of anilines is 1. The van der Waals surface area contributed by atoms with Gasteiger partial charge in [-0.1, -0.05) is 19.9 Å². The van der Waals surface area contributed by atoms with E-state index in [-0.39, 0.29) is 11.3 Å². The van der Waals surface area contributed by atoms with Gasteiger partial charge in [0.1, 0.15) is 5.75 Å². The second kappa shape index (κ2) is 4.75. The van der Waals surface area contributed by atoms with Crippen molar-refractivity contribution in [2.75, 3.05) is 12.4 Å². The summed E-state index contributed by atoms with van der Waals surface area (Å²) in [7, 11) is 1.65. The fourth-order valence-corrected chi connectivity index (χ4v) is 6.67. The van der Waals surface area contributed by atoms with Gasteiger partial charge in [0.05, 0.1) is 12.5 Å². The average molecular weight is 313 g/mol. The van der Waals surface area contributed by atoms with E-state index < -0.39 is 0 Å². The fourth-order valence-electron chi connectivity index (χ4n) is 6.67. The van der Waals surface area contributed by atoms with E-state index in [1.807, 2.05) is 24.3 Å². The number of nitrogens with one attached hydrogen (secondary N) is 1. The first-order valence-corrected chi connectivity index (χ1v) is 8.79. The second-order valence-corrected chi connectivity index (χ2v) is 9.10. The summed E-state index contributed by atoms with van der Waals surface area (Å²) in [6, 6.07) is 7.69. The SMILES string of the molecule is COc1cccc(NC(=O)C23CC4CC(C)(CC(C)(C4)C2)C3)c1. The molecule has 0 aliphatic heterocycles. The van der Waals surface area contributed by atoms with Crippen molar-refractivity contribution in [3.8, 4) is 5.75 Å². The van der Waals surface area contributed by atoms with E-state index in [0.717, 1.165) is 36.6 Å². The summed E-state index contributed by atoms with van der Waals surface area (Å²) in [5.41, 5.74) is 1.41. The average Bonchev–Trinajstić information content (AvgIpc) is 2.43. The summed E-state index contributed by atoms with van der Waals surface area (Å²) in [5, 5.41) is 3.19. The van der Waals surface area contributed by atoms with Gasteiger partial charge < -0.3 is 10.1 Å². The maximum Gasteiger partial charge on any atom is 0.230 e. The summed E-state index contributed by atoms with van der Waals surface area (Å²) in [6.45, 7) is 4.81. The lowest BCUT2D eigenvalue weighted by atomic mass is 9.40. The van der Waals surface area contributed by atoms with Gasteiger partial charge in [0.15, 0.2) is 0 Å². The van der Waals surface area contributed by atoms with Crippen molar-refractivity contribution in [3.63, 3.8) is 0 Å². The highest BCUT2D eigenvalue weighted by Crippen LogP contribution is 2.69. The molecule has 3 nitrogen and oxygen atoms in total. The van der Waals surface area contributed by atoms with Crippen LogP contribution in [0, 0.1) is 22.2 Å². The van der Waals surface area contributed by atoms with E-state index in [2.05, 4.69) is 19.2 Å². The van der Waals surface area contributed by atoms with Crippen molar-refractivity contribution in [1.29, 1.82) is 0 Å². The number of benzene rings is 1. The van der Waals surface area contributed by atoms with Crippen LogP contribution in [0.3, 0.4) is 0 Å². The largest absolute Gasteiger partial charge is 0.497 e. The molecule has 5 rings (SSSR count). The molecule has 1 aromatic rings. The van der Waals surface area contributed by atoms with Gasteiger partial charge in [0.2, 0.25) is 5.91 Å². The summed E-state index contributed by atoms with van der Waals surface area (Å²) < 4.78 is 5.27. The predicted octanol–water partition coefficient (Wildman–Crippen LogP) is 4.63. The summed E-state index contributed by atoms with van der Waals surface area (Å²) in [6.07, 6.45) is 7.12. The molecule has 0 spiro atoms. The van der Waals surface area contributed by atoms with Crippen molar-refractivity contribution in [1.82, 2.24) is 0 Å². The Labute approximate surface area is 138 Å². The van der Waals surface area contributed by atoms with Gasteiger partial charge in [0, 0.05) is 11.8 Å². The maximum atomic E-state index is 13.2. The number of amides is 1. The van der Waals surface area contributed by atoms with E-state index in [0.29, 0.717) is 10.8 Å². The van der Waals surface area contributed by atoms with Crippen molar-refractivity contribution < 1.29 is 9.53 Å². The zero-order chi connectivity index (χ0) is 16.3. The lowest BCUT2D eigenvalue weighted by Crippen LogP contribution is -2.58. The van der Waals surface area contributed by atoms with Gasteiger partial charge in [-0.25, -0.2) is 0 Å². The molecule has 4 fully saturated rings. The van der Waals surface area contributed by atoms with Crippen molar-refractivity contribution in [2.24, 2.45) is 22.2 Å². The standard InChI is InChI=1S/C20H27NO2/c1-18-8-14-9-19(2,11-18)13-20(10-14,12-18)17(22)21-15-5-4-6-16(7-15)23-3/h4-7,14H,8-13H2,1-3H3,(H,21,22). The molecule has 0 heterocycles. The number of carbonyl (C=O) groups excluding carboxylic acids is 1. The molecule has 4 saturated carbocycles. The van der Waals surface area contributed by atoms with Crippen molar-refractivity contribution >= 4 is 11.6 Å². The summed E-state index contributed by atoms with van der Waals surface area (Å²) >= 11 is 0. The minimum Gasteiger partial charge on any atom is -0.497 e. The Morgan fingerprint density at radius 2 is 1.83 bits per heavy atom. The van der Waals surface area contributed by atoms with Crippen LogP contribution < -0.4 is 10.1 Å². The van der Waals surface area contributed by atoms with Crippen LogP contribution in [0.15, 0.2) is 24.3 Å². The van der Waals surface area contributed by atoms with Crippen LogP contribution in [-0.2, 0) is 4.79 Å². The van der Waals surface area contributed by atoms with Crippen LogP contribution in [0.1, 0.15) is 52.4 Å². The first kappa shape index (κ1) is 15.0. The molecule has 0 saturated heterocycles. The van der Waals surface area contributed by atoms with Crippen LogP contribution in [0.2, 0.25) is 0 Å². The number of hydrogen-bond donors (Lipinski definition) is 1. The van der Waals surface area contributed by atoms with Crippen LogP contribution in [0.5, 0.6) is 5.75 Å². The van der Waals surface area contributed by atoms with E-state index >= 15 is 0 Å². The van der Waals surface area contributed by atoms with Gasteiger partial charge >= 0.3 is 0 Å². The van der Waals surface area contributed by atoms with E-state index in [1.54, 1.807) is 7.11 Å². The maximum absolute atomic E-state index is 13.2. The first-order valence-electron chi connectivity index (χ1n) is 8.79. The van der Waals surface area contributed by atoms with Gasteiger partial charge in [-0.15, -0.1) is 0 Å². The third-order valence-electron chi connectivity index (χ3n) is 6.44. The van der Waals surface area contributed by atoms with E-state index in [1.165, 1.54) is 19.3 Å². The Morgan fingerprint density at radius 1 is 1.13 bits per heavy atom. The Bertz CT molecular complexity index is 635. The molecule has 124 valence electrons. The number of rotatable bonds is 3. The zero-order valence-corrected chi connectivity index (χ0v) is 14.4. The molecule has 23 heavy (non-hydrogen) atoms. The smallest absolute Gasteiger partial charge is 0.230 e. The molecule has 2 atom stereocenters. The Morgan fingerprint density at radius 3 is 2.43 bits per heavy atom. The van der Waals surface area contributed by atoms with Crippen LogP contribution in [0.4, 0.5) is 5.69 Å². The Kier molecular flexibility index (Phi) is 3.11. The molecule has 1 aromatic carbocycles. The van der Waals surface area contributed by atoms with E-state index in [4.69, 9.17) is 4.74 Å². The number of carbonyl (C=O) groups is 1. The molecule has 4 aliphatic carbocycles.